The van der Waals surface area contributed by atoms with E-state index in [1.807, 2.05) is 18.2 Å². The van der Waals surface area contributed by atoms with Gasteiger partial charge in [-0.3, -0.25) is 0 Å². The molecule has 1 aromatic rings. The molecule has 0 aliphatic carbocycles. The number of nitrogens with one attached hydrogen (secondary N) is 1. The summed E-state index contributed by atoms with van der Waals surface area (Å²) in [7, 11) is 3.75. The summed E-state index contributed by atoms with van der Waals surface area (Å²) < 4.78 is 5.23. The van der Waals surface area contributed by atoms with Crippen LogP contribution in [-0.2, 0) is 0 Å². The largest absolute Gasteiger partial charge is 0.497 e. The highest BCUT2D eigenvalue weighted by Gasteiger charge is 2.04. The first-order chi connectivity index (χ1) is 8.52. The maximum absolute atomic E-state index is 5.23. The Bertz CT molecular complexity index is 388. The highest BCUT2D eigenvalue weighted by atomic mass is 16.5. The van der Waals surface area contributed by atoms with Gasteiger partial charge in [-0.1, -0.05) is 26.5 Å². The smallest absolute Gasteiger partial charge is 0.120 e. The number of anilines is 1. The number of benzene rings is 1. The molecule has 18 heavy (non-hydrogen) atoms. The van der Waals surface area contributed by atoms with Crippen LogP contribution in [0.5, 0.6) is 5.75 Å². The second-order valence-electron chi connectivity index (χ2n) is 4.84. The second-order valence-corrected chi connectivity index (χ2v) is 4.84. The van der Waals surface area contributed by atoms with Crippen molar-refractivity contribution in [2.75, 3.05) is 32.1 Å². The number of hydrogen-bond donors (Lipinski definition) is 1. The monoisotopic (exact) mass is 248 g/mol. The van der Waals surface area contributed by atoms with Gasteiger partial charge in [0.1, 0.15) is 5.75 Å². The van der Waals surface area contributed by atoms with Gasteiger partial charge in [0, 0.05) is 37.9 Å². The van der Waals surface area contributed by atoms with Gasteiger partial charge < -0.3 is 15.0 Å². The lowest BCUT2D eigenvalue weighted by atomic mass is 10.2. The summed E-state index contributed by atoms with van der Waals surface area (Å²) in [6.07, 6.45) is 0. The van der Waals surface area contributed by atoms with Crippen molar-refractivity contribution >= 4 is 5.69 Å². The fraction of sp³-hybridized carbons (Fsp3) is 0.467. The first-order valence-corrected chi connectivity index (χ1v) is 6.28. The molecule has 1 aromatic carbocycles. The Hall–Kier alpha value is -1.48. The predicted octanol–water partition coefficient (Wildman–Crippen LogP) is 2.69. The van der Waals surface area contributed by atoms with E-state index in [0.29, 0.717) is 6.04 Å². The van der Waals surface area contributed by atoms with Gasteiger partial charge >= 0.3 is 0 Å². The molecule has 0 saturated carbocycles. The number of methoxy groups -OCH3 is 1. The molecule has 0 heterocycles. The predicted molar refractivity (Wildman–Crippen MR) is 78.5 cm³/mol. The van der Waals surface area contributed by atoms with Crippen LogP contribution in [0.4, 0.5) is 5.69 Å². The van der Waals surface area contributed by atoms with Crippen molar-refractivity contribution in [3.05, 3.63) is 36.4 Å². The second kappa shape index (κ2) is 7.07. The molecule has 3 heteroatoms. The summed E-state index contributed by atoms with van der Waals surface area (Å²) in [5, 5.41) is 3.37. The maximum atomic E-state index is 5.23. The van der Waals surface area contributed by atoms with Gasteiger partial charge in [-0.25, -0.2) is 0 Å². The van der Waals surface area contributed by atoms with Crippen molar-refractivity contribution in [3.63, 3.8) is 0 Å². The summed E-state index contributed by atoms with van der Waals surface area (Å²) in [6.45, 7) is 10.1. The minimum atomic E-state index is 0.490. The summed E-state index contributed by atoms with van der Waals surface area (Å²) in [6, 6.07) is 8.55. The van der Waals surface area contributed by atoms with Crippen molar-refractivity contribution in [1.82, 2.24) is 5.32 Å². The van der Waals surface area contributed by atoms with E-state index in [2.05, 4.69) is 43.8 Å². The summed E-state index contributed by atoms with van der Waals surface area (Å²) in [5.41, 5.74) is 2.31. The third-order valence-electron chi connectivity index (χ3n) is 2.72. The van der Waals surface area contributed by atoms with Gasteiger partial charge in [-0.15, -0.1) is 0 Å². The third kappa shape index (κ3) is 4.80. The Labute approximate surface area is 110 Å². The van der Waals surface area contributed by atoms with E-state index in [4.69, 9.17) is 4.74 Å². The third-order valence-corrected chi connectivity index (χ3v) is 2.72. The molecule has 0 aliphatic heterocycles. The molecule has 0 aromatic heterocycles. The first-order valence-electron chi connectivity index (χ1n) is 6.28. The standard InChI is InChI=1S/C15H24N2O/c1-12(2)16-10-13(3)11-17(4)14-7-6-8-15(9-14)18-5/h6-9,12,16H,3,10-11H2,1-2,4-5H3. The van der Waals surface area contributed by atoms with Crippen LogP contribution >= 0.6 is 0 Å². The van der Waals surface area contributed by atoms with Crippen LogP contribution in [0.25, 0.3) is 0 Å². The van der Waals surface area contributed by atoms with Crippen LogP contribution in [0.1, 0.15) is 13.8 Å². The van der Waals surface area contributed by atoms with Crippen LogP contribution in [0, 0.1) is 0 Å². The van der Waals surface area contributed by atoms with E-state index in [1.165, 1.54) is 5.57 Å². The average molecular weight is 248 g/mol. The fourth-order valence-electron chi connectivity index (χ4n) is 1.68. The quantitative estimate of drug-likeness (QED) is 0.751. The van der Waals surface area contributed by atoms with E-state index < -0.39 is 0 Å². The van der Waals surface area contributed by atoms with Crippen molar-refractivity contribution in [2.45, 2.75) is 19.9 Å². The Morgan fingerprint density at radius 3 is 2.78 bits per heavy atom. The number of rotatable bonds is 7. The van der Waals surface area contributed by atoms with E-state index in [9.17, 15) is 0 Å². The van der Waals surface area contributed by atoms with Crippen LogP contribution in [0.15, 0.2) is 36.4 Å². The highest BCUT2D eigenvalue weighted by molar-refractivity contribution is 5.50. The molecule has 3 nitrogen and oxygen atoms in total. The SMILES string of the molecule is C=C(CNC(C)C)CN(C)c1cccc(OC)c1. The zero-order valence-electron chi connectivity index (χ0n) is 11.9. The van der Waals surface area contributed by atoms with Crippen LogP contribution < -0.4 is 15.0 Å². The number of ether oxygens (including phenoxy) is 1. The Morgan fingerprint density at radius 2 is 2.17 bits per heavy atom. The molecular weight excluding hydrogens is 224 g/mol. The van der Waals surface area contributed by atoms with E-state index in [0.717, 1.165) is 24.5 Å². The Morgan fingerprint density at radius 1 is 1.44 bits per heavy atom. The van der Waals surface area contributed by atoms with Gasteiger partial charge in [-0.2, -0.15) is 0 Å². The van der Waals surface area contributed by atoms with Gasteiger partial charge in [0.25, 0.3) is 0 Å². The molecular formula is C15H24N2O. The van der Waals surface area contributed by atoms with Crippen molar-refractivity contribution < 1.29 is 4.74 Å². The van der Waals surface area contributed by atoms with Crippen LogP contribution in [-0.4, -0.2) is 33.3 Å². The molecule has 0 radical (unpaired) electrons. The fourth-order valence-corrected chi connectivity index (χ4v) is 1.68. The molecule has 1 rings (SSSR count). The van der Waals surface area contributed by atoms with E-state index in [1.54, 1.807) is 7.11 Å². The van der Waals surface area contributed by atoms with Gasteiger partial charge in [0.05, 0.1) is 7.11 Å². The molecule has 0 spiro atoms. The molecule has 100 valence electrons. The first kappa shape index (κ1) is 14.6. The van der Waals surface area contributed by atoms with Gasteiger partial charge in [-0.05, 0) is 17.7 Å². The van der Waals surface area contributed by atoms with Crippen LogP contribution in [0.2, 0.25) is 0 Å². The van der Waals surface area contributed by atoms with Gasteiger partial charge in [0.2, 0.25) is 0 Å². The molecule has 0 amide bonds. The molecule has 0 saturated heterocycles. The lowest BCUT2D eigenvalue weighted by Crippen LogP contribution is -2.29. The van der Waals surface area contributed by atoms with Crippen LogP contribution in [0.3, 0.4) is 0 Å². The molecule has 0 unspecified atom stereocenters. The Balaban J connectivity index is 2.53. The summed E-state index contributed by atoms with van der Waals surface area (Å²) in [5.74, 6) is 0.880. The number of hydrogen-bond acceptors (Lipinski definition) is 3. The lowest BCUT2D eigenvalue weighted by molar-refractivity contribution is 0.415. The van der Waals surface area contributed by atoms with Crippen molar-refractivity contribution in [2.24, 2.45) is 0 Å². The summed E-state index contributed by atoms with van der Waals surface area (Å²) >= 11 is 0. The van der Waals surface area contributed by atoms with E-state index >= 15 is 0 Å². The number of nitrogens with zero attached hydrogens (tertiary/aromatic N) is 1. The Kier molecular flexibility index (Phi) is 5.72. The number of likely N-dealkylation sites (N-methyl/N-ethyl adjacent to an activating group) is 1. The summed E-state index contributed by atoms with van der Waals surface area (Å²) in [4.78, 5) is 2.17. The average Bonchev–Trinajstić information content (AvgIpc) is 2.36. The topological polar surface area (TPSA) is 24.5 Å². The molecule has 0 atom stereocenters. The molecule has 0 bridgehead atoms. The lowest BCUT2D eigenvalue weighted by Gasteiger charge is -2.22. The molecule has 0 aliphatic rings. The molecule has 0 fully saturated rings. The minimum Gasteiger partial charge on any atom is -0.497 e. The minimum absolute atomic E-state index is 0.490. The van der Waals surface area contributed by atoms with Crippen molar-refractivity contribution in [3.8, 4) is 5.75 Å². The zero-order valence-corrected chi connectivity index (χ0v) is 11.9. The van der Waals surface area contributed by atoms with E-state index in [-0.39, 0.29) is 0 Å². The van der Waals surface area contributed by atoms with Gasteiger partial charge in [0.15, 0.2) is 0 Å². The van der Waals surface area contributed by atoms with Crippen molar-refractivity contribution in [1.29, 1.82) is 0 Å². The zero-order chi connectivity index (χ0) is 13.5. The molecule has 1 N–H and O–H groups in total. The normalized spacial score (nSPS) is 10.5. The maximum Gasteiger partial charge on any atom is 0.120 e. The highest BCUT2D eigenvalue weighted by Crippen LogP contribution is 2.20.